The summed E-state index contributed by atoms with van der Waals surface area (Å²) in [5.74, 6) is -1.47. The average molecular weight is 573 g/mol. The number of nitrogens with zero attached hydrogens (tertiary/aromatic N) is 3. The standard InChI is InChI=1S/C28H40N6O5S/c1-2-9-24(34(39)19-35)21(18-20-10-4-3-5-11-20)25(36)32-23(27(38)33-28-31-16-17-40-28)13-8-15-30-26(37)22-12-6-7-14-29-22/h6-7,12,14,16-17,19-21,23-24,39H,2-5,8-11,13,15,18H2,1H3,(H,30,37)(H,32,36)(H,31,33,38)/t21-,23+,24+/m1/s1. The van der Waals surface area contributed by atoms with Crippen LogP contribution in [0.3, 0.4) is 0 Å². The van der Waals surface area contributed by atoms with Crippen LogP contribution in [0.5, 0.6) is 0 Å². The van der Waals surface area contributed by atoms with Gasteiger partial charge in [0.25, 0.3) is 5.91 Å². The number of nitrogens with one attached hydrogen (secondary N) is 3. The summed E-state index contributed by atoms with van der Waals surface area (Å²) in [5, 5.41) is 21.6. The highest BCUT2D eigenvalue weighted by molar-refractivity contribution is 7.13. The molecule has 0 aromatic carbocycles. The number of anilines is 1. The summed E-state index contributed by atoms with van der Waals surface area (Å²) >= 11 is 1.27. The van der Waals surface area contributed by atoms with Gasteiger partial charge in [0, 0.05) is 24.3 Å². The Balaban J connectivity index is 1.71. The fraction of sp³-hybridized carbons (Fsp3) is 0.571. The monoisotopic (exact) mass is 572 g/mol. The fourth-order valence-corrected chi connectivity index (χ4v) is 5.77. The van der Waals surface area contributed by atoms with Gasteiger partial charge < -0.3 is 16.0 Å². The average Bonchev–Trinajstić information content (AvgIpc) is 3.49. The number of pyridine rings is 1. The first-order chi connectivity index (χ1) is 19.4. The van der Waals surface area contributed by atoms with Gasteiger partial charge in [0.05, 0.1) is 12.0 Å². The van der Waals surface area contributed by atoms with E-state index in [1.54, 1.807) is 29.8 Å². The van der Waals surface area contributed by atoms with Gasteiger partial charge in [-0.1, -0.05) is 51.5 Å². The molecule has 4 N–H and O–H groups in total. The van der Waals surface area contributed by atoms with Crippen LogP contribution in [0.4, 0.5) is 5.13 Å². The van der Waals surface area contributed by atoms with E-state index in [0.29, 0.717) is 53.9 Å². The molecule has 2 aromatic rings. The van der Waals surface area contributed by atoms with Gasteiger partial charge in [-0.25, -0.2) is 10.0 Å². The highest BCUT2D eigenvalue weighted by Crippen LogP contribution is 2.32. The van der Waals surface area contributed by atoms with E-state index in [-0.39, 0.29) is 24.8 Å². The number of carbonyl (C=O) groups is 4. The predicted octanol–water partition coefficient (Wildman–Crippen LogP) is 3.77. The minimum Gasteiger partial charge on any atom is -0.351 e. The van der Waals surface area contributed by atoms with Gasteiger partial charge in [-0.3, -0.25) is 29.4 Å². The summed E-state index contributed by atoms with van der Waals surface area (Å²) < 4.78 is 0. The highest BCUT2D eigenvalue weighted by Gasteiger charge is 2.36. The van der Waals surface area contributed by atoms with Crippen LogP contribution in [0.2, 0.25) is 0 Å². The van der Waals surface area contributed by atoms with Crippen molar-refractivity contribution in [2.75, 3.05) is 11.9 Å². The largest absolute Gasteiger partial charge is 0.351 e. The molecular weight excluding hydrogens is 532 g/mol. The fourth-order valence-electron chi connectivity index (χ4n) is 5.23. The number of rotatable bonds is 16. The van der Waals surface area contributed by atoms with E-state index in [1.165, 1.54) is 24.0 Å². The first kappa shape index (κ1) is 31.2. The Morgan fingerprint density at radius 2 is 1.93 bits per heavy atom. The summed E-state index contributed by atoms with van der Waals surface area (Å²) in [5.41, 5.74) is 0.296. The van der Waals surface area contributed by atoms with Crippen molar-refractivity contribution in [3.05, 3.63) is 41.7 Å². The molecule has 11 nitrogen and oxygen atoms in total. The van der Waals surface area contributed by atoms with Crippen molar-refractivity contribution in [2.24, 2.45) is 11.8 Å². The van der Waals surface area contributed by atoms with Gasteiger partial charge in [0.1, 0.15) is 11.7 Å². The summed E-state index contributed by atoms with van der Waals surface area (Å²) in [6.07, 6.45) is 11.2. The number of aromatic nitrogens is 2. The van der Waals surface area contributed by atoms with Gasteiger partial charge in [-0.05, 0) is 43.7 Å². The summed E-state index contributed by atoms with van der Waals surface area (Å²) in [7, 11) is 0. The molecule has 2 aromatic heterocycles. The van der Waals surface area contributed by atoms with Crippen LogP contribution in [0.15, 0.2) is 36.0 Å². The van der Waals surface area contributed by atoms with E-state index in [4.69, 9.17) is 0 Å². The topological polar surface area (TPSA) is 154 Å². The second-order valence-electron chi connectivity index (χ2n) is 10.2. The molecule has 218 valence electrons. The normalized spacial score (nSPS) is 15.8. The van der Waals surface area contributed by atoms with E-state index >= 15 is 0 Å². The molecule has 0 bridgehead atoms. The lowest BCUT2D eigenvalue weighted by Gasteiger charge is -2.34. The molecule has 0 radical (unpaired) electrons. The Bertz CT molecular complexity index is 1060. The molecule has 0 saturated heterocycles. The summed E-state index contributed by atoms with van der Waals surface area (Å²) in [6, 6.07) is 3.47. The Morgan fingerprint density at radius 3 is 2.58 bits per heavy atom. The Morgan fingerprint density at radius 1 is 1.12 bits per heavy atom. The lowest BCUT2D eigenvalue weighted by molar-refractivity contribution is -0.170. The third kappa shape index (κ3) is 9.67. The quantitative estimate of drug-likeness (QED) is 0.103. The third-order valence-corrected chi connectivity index (χ3v) is 7.98. The summed E-state index contributed by atoms with van der Waals surface area (Å²) in [6.45, 7) is 2.22. The second kappa shape index (κ2) is 16.7. The first-order valence-electron chi connectivity index (χ1n) is 14.0. The van der Waals surface area contributed by atoms with Crippen molar-refractivity contribution in [3.8, 4) is 0 Å². The van der Waals surface area contributed by atoms with Gasteiger partial charge >= 0.3 is 0 Å². The van der Waals surface area contributed by atoms with Crippen LogP contribution in [0, 0.1) is 11.8 Å². The molecule has 3 atom stereocenters. The Hall–Kier alpha value is -3.38. The highest BCUT2D eigenvalue weighted by atomic mass is 32.1. The molecule has 4 amide bonds. The number of thiazole rings is 1. The number of hydrogen-bond donors (Lipinski definition) is 4. The van der Waals surface area contributed by atoms with E-state index in [2.05, 4.69) is 25.9 Å². The van der Waals surface area contributed by atoms with Crippen molar-refractivity contribution in [1.29, 1.82) is 0 Å². The molecule has 3 rings (SSSR count). The van der Waals surface area contributed by atoms with Gasteiger partial charge in [-0.15, -0.1) is 11.3 Å². The molecule has 2 heterocycles. The molecule has 0 spiro atoms. The van der Waals surface area contributed by atoms with E-state index in [9.17, 15) is 24.4 Å². The van der Waals surface area contributed by atoms with Crippen LogP contribution in [-0.4, -0.2) is 63.0 Å². The van der Waals surface area contributed by atoms with Crippen molar-refractivity contribution in [2.45, 2.75) is 83.2 Å². The van der Waals surface area contributed by atoms with E-state index in [1.807, 2.05) is 6.92 Å². The molecular formula is C28H40N6O5S. The molecule has 1 fully saturated rings. The molecule has 0 aliphatic heterocycles. The zero-order chi connectivity index (χ0) is 28.7. The zero-order valence-corrected chi connectivity index (χ0v) is 23.8. The number of hydrogen-bond acceptors (Lipinski definition) is 8. The second-order valence-corrected chi connectivity index (χ2v) is 11.1. The lowest BCUT2D eigenvalue weighted by atomic mass is 9.79. The molecule has 1 saturated carbocycles. The molecule has 1 aliphatic carbocycles. The van der Waals surface area contributed by atoms with Crippen LogP contribution < -0.4 is 16.0 Å². The lowest BCUT2D eigenvalue weighted by Crippen LogP contribution is -2.51. The first-order valence-corrected chi connectivity index (χ1v) is 14.9. The zero-order valence-electron chi connectivity index (χ0n) is 23.0. The molecule has 12 heteroatoms. The van der Waals surface area contributed by atoms with E-state index in [0.717, 1.165) is 25.7 Å². The van der Waals surface area contributed by atoms with Crippen molar-refractivity contribution in [3.63, 3.8) is 0 Å². The van der Waals surface area contributed by atoms with Crippen LogP contribution in [0.1, 0.15) is 81.6 Å². The number of carbonyl (C=O) groups excluding carboxylic acids is 4. The molecule has 40 heavy (non-hydrogen) atoms. The summed E-state index contributed by atoms with van der Waals surface area (Å²) in [4.78, 5) is 59.0. The van der Waals surface area contributed by atoms with Crippen LogP contribution in [0.25, 0.3) is 0 Å². The molecule has 1 aliphatic rings. The van der Waals surface area contributed by atoms with E-state index < -0.39 is 23.9 Å². The van der Waals surface area contributed by atoms with Gasteiger partial charge in [0.2, 0.25) is 18.2 Å². The maximum absolute atomic E-state index is 13.8. The van der Waals surface area contributed by atoms with Crippen LogP contribution >= 0.6 is 11.3 Å². The molecule has 0 unspecified atom stereocenters. The predicted molar refractivity (Wildman–Crippen MR) is 152 cm³/mol. The van der Waals surface area contributed by atoms with Crippen molar-refractivity contribution >= 4 is 40.6 Å². The smallest absolute Gasteiger partial charge is 0.269 e. The number of amides is 4. The maximum atomic E-state index is 13.8. The van der Waals surface area contributed by atoms with Crippen molar-refractivity contribution in [1.82, 2.24) is 25.7 Å². The SMILES string of the molecule is CCC[C@@H]([C@@H](CC1CCCCC1)C(=O)N[C@@H](CCCNC(=O)c1ccccn1)C(=O)Nc1nccs1)N(O)C=O. The van der Waals surface area contributed by atoms with Crippen LogP contribution in [-0.2, 0) is 14.4 Å². The number of hydroxylamine groups is 2. The Kier molecular flexibility index (Phi) is 13.0. The van der Waals surface area contributed by atoms with Gasteiger partial charge in [-0.2, -0.15) is 0 Å². The maximum Gasteiger partial charge on any atom is 0.269 e. The Labute approximate surface area is 239 Å². The minimum atomic E-state index is -0.900. The van der Waals surface area contributed by atoms with Gasteiger partial charge in [0.15, 0.2) is 5.13 Å². The third-order valence-electron chi connectivity index (χ3n) is 7.29. The van der Waals surface area contributed by atoms with Crippen molar-refractivity contribution < 1.29 is 24.4 Å². The minimum absolute atomic E-state index is 0.260.